The van der Waals surface area contributed by atoms with Gasteiger partial charge in [0.25, 0.3) is 11.6 Å². The summed E-state index contributed by atoms with van der Waals surface area (Å²) in [6.07, 6.45) is 1.41. The number of nitrogens with zero attached hydrogens (tertiary/aromatic N) is 2. The second-order valence-electron chi connectivity index (χ2n) is 5.31. The molecule has 2 N–H and O–H groups in total. The van der Waals surface area contributed by atoms with Crippen molar-refractivity contribution in [2.24, 2.45) is 5.73 Å². The van der Waals surface area contributed by atoms with E-state index in [2.05, 4.69) is 4.98 Å². The van der Waals surface area contributed by atoms with Crippen LogP contribution in [0.25, 0.3) is 10.9 Å². The smallest absolute Gasteiger partial charge is 0.291 e. The Labute approximate surface area is 156 Å². The minimum absolute atomic E-state index is 0.0880. The SMILES string of the molecule is COc1cc2nccc(Oc3ccc([N+](=O)[O-])c(Cl)c3F)c2cc1C(N)=O. The fourth-order valence-electron chi connectivity index (χ4n) is 2.46. The number of nitro groups is 1. The molecule has 138 valence electrons. The molecule has 0 aliphatic rings. The Balaban J connectivity index is 2.13. The van der Waals surface area contributed by atoms with Crippen molar-refractivity contribution in [3.63, 3.8) is 0 Å². The van der Waals surface area contributed by atoms with Crippen LogP contribution < -0.4 is 15.2 Å². The van der Waals surface area contributed by atoms with Gasteiger partial charge >= 0.3 is 0 Å². The normalized spacial score (nSPS) is 10.6. The van der Waals surface area contributed by atoms with Gasteiger partial charge in [-0.3, -0.25) is 19.9 Å². The Morgan fingerprint density at radius 1 is 1.26 bits per heavy atom. The number of rotatable bonds is 5. The van der Waals surface area contributed by atoms with Crippen LogP contribution in [0.3, 0.4) is 0 Å². The topological polar surface area (TPSA) is 118 Å². The van der Waals surface area contributed by atoms with Crippen molar-refractivity contribution in [2.75, 3.05) is 7.11 Å². The van der Waals surface area contributed by atoms with Gasteiger partial charge in [-0.25, -0.2) is 4.39 Å². The van der Waals surface area contributed by atoms with Gasteiger partial charge in [-0.1, -0.05) is 11.6 Å². The quantitative estimate of drug-likeness (QED) is 0.521. The predicted octanol–water partition coefficient (Wildman–Crippen LogP) is 3.84. The standard InChI is InChI=1S/C17H11ClFN3O5/c1-26-14-7-10-8(6-9(14)17(20)23)12(4-5-21-10)27-13-3-2-11(22(24)25)15(18)16(13)19/h2-7H,1H3,(H2,20,23). The van der Waals surface area contributed by atoms with Crippen molar-refractivity contribution in [2.45, 2.75) is 0 Å². The maximum atomic E-state index is 14.4. The van der Waals surface area contributed by atoms with E-state index < -0.39 is 27.4 Å². The summed E-state index contributed by atoms with van der Waals surface area (Å²) in [6.45, 7) is 0. The number of nitrogens with two attached hydrogens (primary N) is 1. The van der Waals surface area contributed by atoms with E-state index in [0.29, 0.717) is 10.9 Å². The molecule has 27 heavy (non-hydrogen) atoms. The number of benzene rings is 2. The van der Waals surface area contributed by atoms with Crippen molar-refractivity contribution in [3.8, 4) is 17.2 Å². The fourth-order valence-corrected chi connectivity index (χ4v) is 2.68. The van der Waals surface area contributed by atoms with Gasteiger partial charge < -0.3 is 15.2 Å². The van der Waals surface area contributed by atoms with Crippen LogP contribution in [0.1, 0.15) is 10.4 Å². The molecule has 1 amide bonds. The highest BCUT2D eigenvalue weighted by atomic mass is 35.5. The molecule has 0 fully saturated rings. The first-order chi connectivity index (χ1) is 12.8. The molecule has 0 atom stereocenters. The number of pyridine rings is 1. The Morgan fingerprint density at radius 3 is 2.63 bits per heavy atom. The summed E-state index contributed by atoms with van der Waals surface area (Å²) in [4.78, 5) is 25.8. The largest absolute Gasteiger partial charge is 0.496 e. The van der Waals surface area contributed by atoms with Gasteiger partial charge in [-0.15, -0.1) is 0 Å². The van der Waals surface area contributed by atoms with E-state index in [1.54, 1.807) is 0 Å². The van der Waals surface area contributed by atoms with E-state index >= 15 is 0 Å². The van der Waals surface area contributed by atoms with Gasteiger partial charge in [0.15, 0.2) is 16.6 Å². The number of primary amides is 1. The number of aromatic nitrogens is 1. The molecular formula is C17H11ClFN3O5. The van der Waals surface area contributed by atoms with Crippen molar-refractivity contribution in [3.05, 3.63) is 63.0 Å². The molecule has 10 heteroatoms. The van der Waals surface area contributed by atoms with E-state index in [1.165, 1.54) is 31.5 Å². The molecule has 0 spiro atoms. The molecule has 0 bridgehead atoms. The summed E-state index contributed by atoms with van der Waals surface area (Å²) >= 11 is 5.70. The van der Waals surface area contributed by atoms with E-state index in [9.17, 15) is 19.3 Å². The third-order valence-electron chi connectivity index (χ3n) is 3.73. The lowest BCUT2D eigenvalue weighted by Crippen LogP contribution is -2.12. The van der Waals surface area contributed by atoms with Crippen molar-refractivity contribution in [1.82, 2.24) is 4.98 Å². The molecule has 0 unspecified atom stereocenters. The van der Waals surface area contributed by atoms with Gasteiger partial charge in [0.1, 0.15) is 11.5 Å². The molecule has 3 aromatic rings. The Morgan fingerprint density at radius 2 is 2.00 bits per heavy atom. The maximum absolute atomic E-state index is 14.4. The molecule has 8 nitrogen and oxygen atoms in total. The van der Waals surface area contributed by atoms with E-state index in [-0.39, 0.29) is 22.8 Å². The van der Waals surface area contributed by atoms with Crippen molar-refractivity contribution in [1.29, 1.82) is 0 Å². The molecule has 0 aliphatic carbocycles. The van der Waals surface area contributed by atoms with Crippen LogP contribution in [0, 0.1) is 15.9 Å². The number of halogens is 2. The molecule has 1 aromatic heterocycles. The summed E-state index contributed by atoms with van der Waals surface area (Å²) in [5, 5.41) is 10.5. The zero-order chi connectivity index (χ0) is 19.7. The summed E-state index contributed by atoms with van der Waals surface area (Å²) in [6, 6.07) is 6.45. The molecular weight excluding hydrogens is 381 g/mol. The predicted molar refractivity (Wildman–Crippen MR) is 95.0 cm³/mol. The first-order valence-electron chi connectivity index (χ1n) is 7.40. The average molecular weight is 392 g/mol. The summed E-state index contributed by atoms with van der Waals surface area (Å²) < 4.78 is 25.0. The highest BCUT2D eigenvalue weighted by Gasteiger charge is 2.21. The summed E-state index contributed by atoms with van der Waals surface area (Å²) in [5.41, 5.74) is 5.26. The van der Waals surface area contributed by atoms with Crippen molar-refractivity contribution < 1.29 is 23.6 Å². The molecule has 3 rings (SSSR count). The number of carbonyl (C=O) groups is 1. The van der Waals surface area contributed by atoms with E-state index in [0.717, 1.165) is 12.1 Å². The van der Waals surface area contributed by atoms with E-state index in [4.69, 9.17) is 26.8 Å². The Kier molecular flexibility index (Phi) is 4.78. The molecule has 1 heterocycles. The number of carbonyl (C=O) groups excluding carboxylic acids is 1. The number of methoxy groups -OCH3 is 1. The Bertz CT molecular complexity index is 1090. The average Bonchev–Trinajstić information content (AvgIpc) is 2.64. The first kappa shape index (κ1) is 18.3. The molecule has 0 saturated heterocycles. The van der Waals surface area contributed by atoms with Crippen LogP contribution in [0.2, 0.25) is 5.02 Å². The van der Waals surface area contributed by atoms with E-state index in [1.807, 2.05) is 0 Å². The van der Waals surface area contributed by atoms with Gasteiger partial charge in [0, 0.05) is 23.7 Å². The lowest BCUT2D eigenvalue weighted by Gasteiger charge is -2.12. The summed E-state index contributed by atoms with van der Waals surface area (Å²) in [7, 11) is 1.38. The molecule has 0 aliphatic heterocycles. The minimum Gasteiger partial charge on any atom is -0.496 e. The number of ether oxygens (including phenoxy) is 2. The van der Waals surface area contributed by atoms with Gasteiger partial charge in [0.05, 0.1) is 23.1 Å². The minimum atomic E-state index is -1.08. The maximum Gasteiger partial charge on any atom is 0.291 e. The number of nitro benzene ring substituents is 1. The second kappa shape index (κ2) is 7.04. The fraction of sp³-hybridized carbons (Fsp3) is 0.0588. The highest BCUT2D eigenvalue weighted by molar-refractivity contribution is 6.33. The number of amides is 1. The van der Waals surface area contributed by atoms with Crippen LogP contribution in [-0.4, -0.2) is 22.9 Å². The van der Waals surface area contributed by atoms with Crippen molar-refractivity contribution >= 4 is 34.1 Å². The molecule has 0 radical (unpaired) electrons. The first-order valence-corrected chi connectivity index (χ1v) is 7.78. The third-order valence-corrected chi connectivity index (χ3v) is 4.09. The van der Waals surface area contributed by atoms with Gasteiger partial charge in [-0.05, 0) is 18.2 Å². The lowest BCUT2D eigenvalue weighted by atomic mass is 10.1. The number of hydrogen-bond donors (Lipinski definition) is 1. The van der Waals surface area contributed by atoms with Gasteiger partial charge in [0.2, 0.25) is 0 Å². The van der Waals surface area contributed by atoms with Crippen LogP contribution in [-0.2, 0) is 0 Å². The summed E-state index contributed by atoms with van der Waals surface area (Å²) in [5.74, 6) is -1.76. The van der Waals surface area contributed by atoms with Crippen LogP contribution in [0.4, 0.5) is 10.1 Å². The molecule has 0 saturated carbocycles. The number of hydrogen-bond acceptors (Lipinski definition) is 6. The van der Waals surface area contributed by atoms with Crippen LogP contribution >= 0.6 is 11.6 Å². The highest BCUT2D eigenvalue weighted by Crippen LogP contribution is 2.38. The second-order valence-corrected chi connectivity index (χ2v) is 5.69. The van der Waals surface area contributed by atoms with Crippen LogP contribution in [0.15, 0.2) is 36.5 Å². The zero-order valence-corrected chi connectivity index (χ0v) is 14.5. The monoisotopic (exact) mass is 391 g/mol. The van der Waals surface area contributed by atoms with Gasteiger partial charge in [-0.2, -0.15) is 0 Å². The Hall–Kier alpha value is -3.46. The lowest BCUT2D eigenvalue weighted by molar-refractivity contribution is -0.384. The zero-order valence-electron chi connectivity index (χ0n) is 13.7. The third kappa shape index (κ3) is 3.32. The molecule has 2 aromatic carbocycles. The number of fused-ring (bicyclic) bond motifs is 1. The van der Waals surface area contributed by atoms with Crippen LogP contribution in [0.5, 0.6) is 17.2 Å².